The summed E-state index contributed by atoms with van der Waals surface area (Å²) in [5, 5.41) is 9.87. The average Bonchev–Trinajstić information content (AvgIpc) is 2.58. The summed E-state index contributed by atoms with van der Waals surface area (Å²) in [6, 6.07) is 16.5. The van der Waals surface area contributed by atoms with E-state index in [0.717, 1.165) is 11.1 Å². The van der Waals surface area contributed by atoms with Crippen LogP contribution in [0.15, 0.2) is 54.6 Å². The lowest BCUT2D eigenvalue weighted by molar-refractivity contribution is 0.141. The molecule has 0 unspecified atom stereocenters. The quantitative estimate of drug-likeness (QED) is 0.460. The van der Waals surface area contributed by atoms with Crippen molar-refractivity contribution in [1.29, 1.82) is 5.41 Å². The minimum absolute atomic E-state index is 0.0207. The van der Waals surface area contributed by atoms with Crippen molar-refractivity contribution < 1.29 is 9.53 Å². The average molecular weight is 307 g/mol. The number of nitrogen functional groups attached to an aromatic ring is 1. The molecule has 2 aromatic rings. The smallest absolute Gasteiger partial charge is 0.408 e. The van der Waals surface area contributed by atoms with Crippen molar-refractivity contribution in [3.63, 3.8) is 0 Å². The highest BCUT2D eigenvalue weighted by molar-refractivity contribution is 5.94. The zero-order valence-corrected chi connectivity index (χ0v) is 12.5. The maximum absolute atomic E-state index is 11.5. The zero-order chi connectivity index (χ0) is 16.5. The van der Waals surface area contributed by atoms with Gasteiger partial charge in [0.05, 0.1) is 6.54 Å². The third-order valence-corrected chi connectivity index (χ3v) is 2.96. The van der Waals surface area contributed by atoms with E-state index in [1.807, 2.05) is 30.3 Å². The third kappa shape index (κ3) is 5.56. The fourth-order valence-corrected chi connectivity index (χ4v) is 1.77. The lowest BCUT2D eigenvalue weighted by atomic mass is 10.1. The SMILES string of the molecule is N=C(N)c1ccc(C#CCNC(=O)OCc2ccccc2)cc1. The topological polar surface area (TPSA) is 88.2 Å². The first kappa shape index (κ1) is 16.1. The summed E-state index contributed by atoms with van der Waals surface area (Å²) in [6.07, 6.45) is -0.505. The number of amidine groups is 1. The maximum Gasteiger partial charge on any atom is 0.408 e. The van der Waals surface area contributed by atoms with E-state index in [2.05, 4.69) is 17.2 Å². The van der Waals surface area contributed by atoms with Crippen LogP contribution >= 0.6 is 0 Å². The summed E-state index contributed by atoms with van der Waals surface area (Å²) in [7, 11) is 0. The van der Waals surface area contributed by atoms with Crippen LogP contribution in [0.5, 0.6) is 0 Å². The first-order valence-electron chi connectivity index (χ1n) is 7.03. The van der Waals surface area contributed by atoms with Gasteiger partial charge in [0.2, 0.25) is 0 Å². The molecule has 0 radical (unpaired) electrons. The molecule has 0 aliphatic carbocycles. The van der Waals surface area contributed by atoms with Crippen LogP contribution in [0.1, 0.15) is 16.7 Å². The Balaban J connectivity index is 1.74. The summed E-state index contributed by atoms with van der Waals surface area (Å²) in [4.78, 5) is 11.5. The van der Waals surface area contributed by atoms with Gasteiger partial charge in [-0.25, -0.2) is 4.79 Å². The molecular formula is C18H17N3O2. The van der Waals surface area contributed by atoms with E-state index >= 15 is 0 Å². The number of rotatable bonds is 4. The van der Waals surface area contributed by atoms with Crippen molar-refractivity contribution in [3.8, 4) is 11.8 Å². The van der Waals surface area contributed by atoms with Gasteiger partial charge in [-0.1, -0.05) is 54.3 Å². The van der Waals surface area contributed by atoms with E-state index in [0.29, 0.717) is 5.56 Å². The molecule has 2 rings (SSSR count). The van der Waals surface area contributed by atoms with E-state index in [-0.39, 0.29) is 19.0 Å². The van der Waals surface area contributed by atoms with Crippen LogP contribution in [0, 0.1) is 17.3 Å². The van der Waals surface area contributed by atoms with Gasteiger partial charge in [0, 0.05) is 11.1 Å². The number of carbonyl (C=O) groups excluding carboxylic acids is 1. The summed E-state index contributed by atoms with van der Waals surface area (Å²) < 4.78 is 5.07. The molecule has 0 aliphatic heterocycles. The van der Waals surface area contributed by atoms with Crippen LogP contribution in [-0.2, 0) is 11.3 Å². The maximum atomic E-state index is 11.5. The monoisotopic (exact) mass is 307 g/mol. The number of alkyl carbamates (subject to hydrolysis) is 1. The van der Waals surface area contributed by atoms with Crippen LogP contribution in [0.25, 0.3) is 0 Å². The molecule has 5 heteroatoms. The Kier molecular flexibility index (Phi) is 5.78. The number of hydrogen-bond donors (Lipinski definition) is 3. The van der Waals surface area contributed by atoms with Gasteiger partial charge in [-0.2, -0.15) is 0 Å². The van der Waals surface area contributed by atoms with Crippen LogP contribution in [0.2, 0.25) is 0 Å². The second kappa shape index (κ2) is 8.25. The van der Waals surface area contributed by atoms with Crippen molar-refractivity contribution in [2.75, 3.05) is 6.54 Å². The predicted molar refractivity (Wildman–Crippen MR) is 89.0 cm³/mol. The second-order valence-electron chi connectivity index (χ2n) is 4.71. The molecule has 0 bridgehead atoms. The highest BCUT2D eigenvalue weighted by Crippen LogP contribution is 2.02. The van der Waals surface area contributed by atoms with Gasteiger partial charge in [-0.15, -0.1) is 0 Å². The Labute approximate surface area is 135 Å². The van der Waals surface area contributed by atoms with Crippen LogP contribution < -0.4 is 11.1 Å². The normalized spacial score (nSPS) is 9.39. The molecular weight excluding hydrogens is 290 g/mol. The Morgan fingerprint density at radius 3 is 2.48 bits per heavy atom. The minimum Gasteiger partial charge on any atom is -0.445 e. The Hall–Kier alpha value is -3.26. The summed E-state index contributed by atoms with van der Waals surface area (Å²) in [5.41, 5.74) is 7.74. The van der Waals surface area contributed by atoms with Crippen LogP contribution in [0.4, 0.5) is 4.79 Å². The molecule has 1 amide bonds. The van der Waals surface area contributed by atoms with Crippen LogP contribution in [0.3, 0.4) is 0 Å². The number of carbonyl (C=O) groups is 1. The molecule has 0 heterocycles. The van der Waals surface area contributed by atoms with Crippen molar-refractivity contribution in [2.45, 2.75) is 6.61 Å². The molecule has 0 spiro atoms. The van der Waals surface area contributed by atoms with E-state index in [9.17, 15) is 4.79 Å². The van der Waals surface area contributed by atoms with E-state index in [1.54, 1.807) is 24.3 Å². The predicted octanol–water partition coefficient (Wildman–Crippen LogP) is 2.25. The molecule has 0 saturated carbocycles. The van der Waals surface area contributed by atoms with Gasteiger partial charge in [-0.05, 0) is 17.7 Å². The summed E-state index contributed by atoms with van der Waals surface area (Å²) in [5.74, 6) is 5.76. The Bertz CT molecular complexity index is 728. The van der Waals surface area contributed by atoms with Crippen molar-refractivity contribution >= 4 is 11.9 Å². The van der Waals surface area contributed by atoms with E-state index in [4.69, 9.17) is 15.9 Å². The Morgan fingerprint density at radius 1 is 1.13 bits per heavy atom. The van der Waals surface area contributed by atoms with Gasteiger partial charge < -0.3 is 15.8 Å². The fraction of sp³-hybridized carbons (Fsp3) is 0.111. The van der Waals surface area contributed by atoms with Gasteiger partial charge in [0.25, 0.3) is 0 Å². The highest BCUT2D eigenvalue weighted by atomic mass is 16.5. The van der Waals surface area contributed by atoms with Gasteiger partial charge >= 0.3 is 6.09 Å². The molecule has 5 nitrogen and oxygen atoms in total. The van der Waals surface area contributed by atoms with Gasteiger partial charge in [0.15, 0.2) is 0 Å². The van der Waals surface area contributed by atoms with Crippen molar-refractivity contribution in [2.24, 2.45) is 5.73 Å². The zero-order valence-electron chi connectivity index (χ0n) is 12.5. The molecule has 0 aliphatic rings. The van der Waals surface area contributed by atoms with E-state index in [1.165, 1.54) is 0 Å². The molecule has 4 N–H and O–H groups in total. The number of hydrogen-bond acceptors (Lipinski definition) is 3. The molecule has 0 atom stereocenters. The fourth-order valence-electron chi connectivity index (χ4n) is 1.77. The molecule has 0 saturated heterocycles. The molecule has 23 heavy (non-hydrogen) atoms. The first-order valence-corrected chi connectivity index (χ1v) is 7.03. The lowest BCUT2D eigenvalue weighted by Crippen LogP contribution is -2.24. The third-order valence-electron chi connectivity index (χ3n) is 2.96. The van der Waals surface area contributed by atoms with Crippen LogP contribution in [-0.4, -0.2) is 18.5 Å². The molecule has 0 fully saturated rings. The van der Waals surface area contributed by atoms with Crippen molar-refractivity contribution in [1.82, 2.24) is 5.32 Å². The number of ether oxygens (including phenoxy) is 1. The minimum atomic E-state index is -0.505. The molecule has 2 aromatic carbocycles. The largest absolute Gasteiger partial charge is 0.445 e. The number of nitrogens with two attached hydrogens (primary N) is 1. The summed E-state index contributed by atoms with van der Waals surface area (Å²) >= 11 is 0. The number of benzene rings is 2. The lowest BCUT2D eigenvalue weighted by Gasteiger charge is -2.04. The molecule has 116 valence electrons. The second-order valence-corrected chi connectivity index (χ2v) is 4.71. The van der Waals surface area contributed by atoms with Gasteiger partial charge in [-0.3, -0.25) is 5.41 Å². The number of amides is 1. The first-order chi connectivity index (χ1) is 11.1. The number of nitrogens with one attached hydrogen (secondary N) is 2. The van der Waals surface area contributed by atoms with E-state index < -0.39 is 6.09 Å². The standard InChI is InChI=1S/C18H17N3O2/c19-17(20)16-10-8-14(9-11-16)7-4-12-21-18(22)23-13-15-5-2-1-3-6-15/h1-3,5-6,8-11H,12-13H2,(H3,19,20)(H,21,22). The highest BCUT2D eigenvalue weighted by Gasteiger charge is 2.00. The van der Waals surface area contributed by atoms with Crippen molar-refractivity contribution in [3.05, 3.63) is 71.3 Å². The van der Waals surface area contributed by atoms with Gasteiger partial charge in [0.1, 0.15) is 12.4 Å². The summed E-state index contributed by atoms with van der Waals surface area (Å²) in [6.45, 7) is 0.425. The Morgan fingerprint density at radius 2 is 1.83 bits per heavy atom. The molecule has 0 aromatic heterocycles.